The van der Waals surface area contributed by atoms with Crippen LogP contribution in [0.4, 0.5) is 9.18 Å². The van der Waals surface area contributed by atoms with E-state index in [4.69, 9.17) is 4.74 Å². The SMILES string of the molecule is CNC(=O)[C@H](F)[C@@H]1N(C)C(=O)OC1(c1ccccc1)c1ccccc1. The molecule has 1 aliphatic heterocycles. The second-order valence-electron chi connectivity index (χ2n) is 5.91. The normalized spacial score (nSPS) is 20.0. The van der Waals surface area contributed by atoms with Gasteiger partial charge in [0.25, 0.3) is 5.91 Å². The van der Waals surface area contributed by atoms with Gasteiger partial charge in [-0.05, 0) is 0 Å². The molecule has 5 nitrogen and oxygen atoms in total. The van der Waals surface area contributed by atoms with Gasteiger partial charge in [-0.25, -0.2) is 9.18 Å². The molecule has 2 aromatic carbocycles. The predicted octanol–water partition coefficient (Wildman–Crippen LogP) is 2.46. The molecule has 130 valence electrons. The quantitative estimate of drug-likeness (QED) is 0.929. The van der Waals surface area contributed by atoms with Crippen LogP contribution in [0.1, 0.15) is 11.1 Å². The van der Waals surface area contributed by atoms with Crippen LogP contribution in [0.5, 0.6) is 0 Å². The number of benzene rings is 2. The molecule has 2 amide bonds. The van der Waals surface area contributed by atoms with Crippen LogP contribution in [0.2, 0.25) is 0 Å². The zero-order valence-electron chi connectivity index (χ0n) is 14.0. The number of hydrogen-bond donors (Lipinski definition) is 1. The summed E-state index contributed by atoms with van der Waals surface area (Å²) < 4.78 is 20.8. The zero-order chi connectivity index (χ0) is 18.0. The van der Waals surface area contributed by atoms with E-state index >= 15 is 4.39 Å². The van der Waals surface area contributed by atoms with Crippen LogP contribution in [0.25, 0.3) is 0 Å². The fraction of sp³-hybridized carbons (Fsp3) is 0.263. The molecular weight excluding hydrogens is 323 g/mol. The Kier molecular flexibility index (Phi) is 4.44. The van der Waals surface area contributed by atoms with Gasteiger partial charge in [-0.1, -0.05) is 60.7 Å². The van der Waals surface area contributed by atoms with Crippen LogP contribution in [0.3, 0.4) is 0 Å². The molecule has 1 heterocycles. The highest BCUT2D eigenvalue weighted by molar-refractivity contribution is 5.84. The number of nitrogens with one attached hydrogen (secondary N) is 1. The Morgan fingerprint density at radius 3 is 2.04 bits per heavy atom. The summed E-state index contributed by atoms with van der Waals surface area (Å²) in [5.41, 5.74) is -0.203. The number of alkyl halides is 1. The number of carbonyl (C=O) groups is 2. The number of carbonyl (C=O) groups excluding carboxylic acids is 2. The second kappa shape index (κ2) is 6.55. The van der Waals surface area contributed by atoms with Crippen LogP contribution in [0.15, 0.2) is 60.7 Å². The smallest absolute Gasteiger partial charge is 0.411 e. The highest BCUT2D eigenvalue weighted by atomic mass is 19.1. The van der Waals surface area contributed by atoms with Crippen molar-refractivity contribution in [1.82, 2.24) is 10.2 Å². The molecule has 1 saturated heterocycles. The van der Waals surface area contributed by atoms with Crippen LogP contribution in [0, 0.1) is 0 Å². The third-order valence-electron chi connectivity index (χ3n) is 4.55. The number of hydrogen-bond acceptors (Lipinski definition) is 3. The van der Waals surface area contributed by atoms with Crippen LogP contribution in [-0.2, 0) is 15.1 Å². The third kappa shape index (κ3) is 2.63. The van der Waals surface area contributed by atoms with Crippen molar-refractivity contribution in [3.8, 4) is 0 Å². The average molecular weight is 342 g/mol. The first-order valence-electron chi connectivity index (χ1n) is 7.95. The minimum Gasteiger partial charge on any atom is -0.431 e. The first-order chi connectivity index (χ1) is 12.0. The molecule has 25 heavy (non-hydrogen) atoms. The fourth-order valence-electron chi connectivity index (χ4n) is 3.34. The summed E-state index contributed by atoms with van der Waals surface area (Å²) in [6, 6.07) is 16.7. The number of amides is 2. The van der Waals surface area contributed by atoms with Crippen molar-refractivity contribution in [3.63, 3.8) is 0 Å². The van der Waals surface area contributed by atoms with E-state index < -0.39 is 29.8 Å². The Bertz CT molecular complexity index is 727. The Morgan fingerprint density at radius 1 is 1.12 bits per heavy atom. The maximum Gasteiger partial charge on any atom is 0.411 e. The number of likely N-dealkylation sites (N-methyl/N-ethyl adjacent to an activating group) is 1. The lowest BCUT2D eigenvalue weighted by Crippen LogP contribution is -2.53. The highest BCUT2D eigenvalue weighted by Crippen LogP contribution is 2.45. The Morgan fingerprint density at radius 2 is 1.60 bits per heavy atom. The summed E-state index contributed by atoms with van der Waals surface area (Å²) in [6.45, 7) is 0. The van der Waals surface area contributed by atoms with Crippen molar-refractivity contribution >= 4 is 12.0 Å². The van der Waals surface area contributed by atoms with Gasteiger partial charge in [0.15, 0.2) is 5.60 Å². The molecule has 1 N–H and O–H groups in total. The molecule has 1 fully saturated rings. The van der Waals surface area contributed by atoms with Gasteiger partial charge < -0.3 is 10.1 Å². The molecule has 0 spiro atoms. The largest absolute Gasteiger partial charge is 0.431 e. The maximum absolute atomic E-state index is 15.1. The standard InChI is InChI=1S/C19H19FN2O3/c1-21-17(23)15(20)16-19(25-18(24)22(16)2,13-9-5-3-6-10-13)14-11-7-4-8-12-14/h3-12,15-16H,1-2H3,(H,21,23)/t15-,16+/m1/s1. The van der Waals surface area contributed by atoms with Crippen molar-refractivity contribution in [2.75, 3.05) is 14.1 Å². The summed E-state index contributed by atoms with van der Waals surface area (Å²) in [4.78, 5) is 25.5. The molecule has 2 aromatic rings. The molecule has 6 heteroatoms. The zero-order valence-corrected chi connectivity index (χ0v) is 14.0. The van der Waals surface area contributed by atoms with E-state index in [9.17, 15) is 9.59 Å². The van der Waals surface area contributed by atoms with Crippen LogP contribution < -0.4 is 5.32 Å². The molecule has 0 unspecified atom stereocenters. The maximum atomic E-state index is 15.1. The van der Waals surface area contributed by atoms with Crippen molar-refractivity contribution in [2.24, 2.45) is 0 Å². The van der Waals surface area contributed by atoms with Gasteiger partial charge in [0.2, 0.25) is 6.17 Å². The van der Waals surface area contributed by atoms with Crippen molar-refractivity contribution in [3.05, 3.63) is 71.8 Å². The molecule has 0 saturated carbocycles. The van der Waals surface area contributed by atoms with Crippen molar-refractivity contribution in [1.29, 1.82) is 0 Å². The molecule has 0 bridgehead atoms. The molecule has 1 aliphatic rings. The van der Waals surface area contributed by atoms with Crippen LogP contribution >= 0.6 is 0 Å². The van der Waals surface area contributed by atoms with E-state index in [1.807, 2.05) is 12.1 Å². The van der Waals surface area contributed by atoms with Gasteiger partial charge in [0.05, 0.1) is 0 Å². The number of halogens is 1. The van der Waals surface area contributed by atoms with E-state index in [1.54, 1.807) is 48.5 Å². The number of cyclic esters (lactones) is 1. The third-order valence-corrected chi connectivity index (χ3v) is 4.55. The second-order valence-corrected chi connectivity index (χ2v) is 5.91. The lowest BCUT2D eigenvalue weighted by atomic mass is 9.78. The molecule has 0 radical (unpaired) electrons. The lowest BCUT2D eigenvalue weighted by Gasteiger charge is -2.36. The van der Waals surface area contributed by atoms with E-state index in [0.717, 1.165) is 4.90 Å². The first-order valence-corrected chi connectivity index (χ1v) is 7.95. The summed E-state index contributed by atoms with van der Waals surface area (Å²) in [5.74, 6) is -0.800. The monoisotopic (exact) mass is 342 g/mol. The van der Waals surface area contributed by atoms with Crippen LogP contribution in [-0.4, -0.2) is 43.2 Å². The van der Waals surface area contributed by atoms with Gasteiger partial charge in [0, 0.05) is 25.2 Å². The Balaban J connectivity index is 2.25. The summed E-state index contributed by atoms with van der Waals surface area (Å²) in [6.07, 6.45) is -2.63. The predicted molar refractivity (Wildman–Crippen MR) is 90.7 cm³/mol. The number of nitrogens with zero attached hydrogens (tertiary/aromatic N) is 1. The van der Waals surface area contributed by atoms with Gasteiger partial charge in [0.1, 0.15) is 6.04 Å². The van der Waals surface area contributed by atoms with E-state index in [2.05, 4.69) is 5.32 Å². The highest BCUT2D eigenvalue weighted by Gasteiger charge is 2.59. The molecule has 3 rings (SSSR count). The first kappa shape index (κ1) is 17.0. The Hall–Kier alpha value is -2.89. The van der Waals surface area contributed by atoms with Crippen molar-refractivity contribution < 1.29 is 18.7 Å². The molecular formula is C19H19FN2O3. The lowest BCUT2D eigenvalue weighted by molar-refractivity contribution is -0.128. The molecule has 0 aromatic heterocycles. The van der Waals surface area contributed by atoms with Gasteiger partial charge >= 0.3 is 6.09 Å². The summed E-state index contributed by atoms with van der Waals surface area (Å²) in [7, 11) is 2.80. The van der Waals surface area contributed by atoms with Crippen molar-refractivity contribution in [2.45, 2.75) is 17.8 Å². The van der Waals surface area contributed by atoms with Gasteiger partial charge in [-0.15, -0.1) is 0 Å². The molecule has 0 aliphatic carbocycles. The van der Waals surface area contributed by atoms with E-state index in [1.165, 1.54) is 14.1 Å². The summed E-state index contributed by atoms with van der Waals surface area (Å²) in [5, 5.41) is 2.31. The number of ether oxygens (including phenoxy) is 1. The number of rotatable bonds is 4. The van der Waals surface area contributed by atoms with Gasteiger partial charge in [-0.2, -0.15) is 0 Å². The average Bonchev–Trinajstić information content (AvgIpc) is 2.94. The summed E-state index contributed by atoms with van der Waals surface area (Å²) >= 11 is 0. The van der Waals surface area contributed by atoms with E-state index in [0.29, 0.717) is 11.1 Å². The Labute approximate surface area is 145 Å². The van der Waals surface area contributed by atoms with E-state index in [-0.39, 0.29) is 0 Å². The van der Waals surface area contributed by atoms with Gasteiger partial charge in [-0.3, -0.25) is 9.69 Å². The minimum absolute atomic E-state index is 0.607. The molecule has 2 atom stereocenters. The fourth-order valence-corrected chi connectivity index (χ4v) is 3.34. The minimum atomic E-state index is -1.96. The topological polar surface area (TPSA) is 58.6 Å².